The zero-order valence-corrected chi connectivity index (χ0v) is 12.6. The number of anilines is 1. The number of hydrogen-bond acceptors (Lipinski definition) is 3. The average Bonchev–Trinajstić information content (AvgIpc) is 2.77. The zero-order chi connectivity index (χ0) is 14.4. The van der Waals surface area contributed by atoms with Crippen LogP contribution in [-0.2, 0) is 0 Å². The summed E-state index contributed by atoms with van der Waals surface area (Å²) in [6, 6.07) is 3.77. The van der Waals surface area contributed by atoms with E-state index in [4.69, 9.17) is 0 Å². The van der Waals surface area contributed by atoms with Crippen LogP contribution < -0.4 is 4.90 Å². The summed E-state index contributed by atoms with van der Waals surface area (Å²) in [4.78, 5) is 21.3. The molecular weight excluding hydrogens is 250 g/mol. The fraction of sp³-hybridized carbons (Fsp3) is 0.625. The van der Waals surface area contributed by atoms with Gasteiger partial charge in [-0.05, 0) is 38.8 Å². The van der Waals surface area contributed by atoms with Crippen molar-refractivity contribution in [3.8, 4) is 0 Å². The van der Waals surface area contributed by atoms with E-state index in [0.29, 0.717) is 0 Å². The molecular formula is C16H25N3O. The van der Waals surface area contributed by atoms with Gasteiger partial charge in [-0.3, -0.25) is 4.79 Å². The normalized spacial score (nSPS) is 15.8. The van der Waals surface area contributed by atoms with E-state index in [9.17, 15) is 4.79 Å². The second-order valence-corrected chi connectivity index (χ2v) is 5.25. The lowest BCUT2D eigenvalue weighted by atomic mass is 10.2. The molecule has 0 unspecified atom stereocenters. The van der Waals surface area contributed by atoms with Crippen LogP contribution in [0.15, 0.2) is 18.3 Å². The summed E-state index contributed by atoms with van der Waals surface area (Å²) in [7, 11) is 0. The Balaban J connectivity index is 2.27. The predicted molar refractivity (Wildman–Crippen MR) is 82.2 cm³/mol. The Morgan fingerprint density at radius 2 is 1.85 bits per heavy atom. The summed E-state index contributed by atoms with van der Waals surface area (Å²) in [5.41, 5.74) is 0.748. The van der Waals surface area contributed by atoms with Crippen molar-refractivity contribution in [1.29, 1.82) is 0 Å². The molecule has 20 heavy (non-hydrogen) atoms. The van der Waals surface area contributed by atoms with Crippen molar-refractivity contribution < 1.29 is 4.79 Å². The maximum absolute atomic E-state index is 12.6. The maximum Gasteiger partial charge on any atom is 0.257 e. The van der Waals surface area contributed by atoms with E-state index in [-0.39, 0.29) is 5.91 Å². The minimum Gasteiger partial charge on any atom is -0.356 e. The van der Waals surface area contributed by atoms with Gasteiger partial charge in [0.05, 0.1) is 5.56 Å². The molecule has 1 aliphatic rings. The molecule has 4 heteroatoms. The van der Waals surface area contributed by atoms with Crippen LogP contribution in [0.1, 0.15) is 49.9 Å². The summed E-state index contributed by atoms with van der Waals surface area (Å²) >= 11 is 0. The maximum atomic E-state index is 12.6. The molecule has 1 amide bonds. The molecule has 0 spiro atoms. The molecule has 0 atom stereocenters. The van der Waals surface area contributed by atoms with Crippen LogP contribution in [0.2, 0.25) is 0 Å². The first-order valence-electron chi connectivity index (χ1n) is 7.77. The van der Waals surface area contributed by atoms with E-state index in [0.717, 1.165) is 37.6 Å². The van der Waals surface area contributed by atoms with E-state index in [2.05, 4.69) is 9.88 Å². The van der Waals surface area contributed by atoms with Crippen LogP contribution in [0.5, 0.6) is 0 Å². The molecule has 0 saturated carbocycles. The Morgan fingerprint density at radius 3 is 2.45 bits per heavy atom. The van der Waals surface area contributed by atoms with E-state index in [1.165, 1.54) is 25.7 Å². The zero-order valence-electron chi connectivity index (χ0n) is 12.6. The fourth-order valence-electron chi connectivity index (χ4n) is 2.78. The number of amides is 1. The molecule has 1 aliphatic heterocycles. The van der Waals surface area contributed by atoms with Crippen molar-refractivity contribution in [3.05, 3.63) is 23.9 Å². The first kappa shape index (κ1) is 14.8. The van der Waals surface area contributed by atoms with Crippen LogP contribution in [0.3, 0.4) is 0 Å². The summed E-state index contributed by atoms with van der Waals surface area (Å²) < 4.78 is 0. The first-order chi connectivity index (χ1) is 9.77. The Labute approximate surface area is 121 Å². The Bertz CT molecular complexity index is 435. The van der Waals surface area contributed by atoms with Gasteiger partial charge < -0.3 is 9.80 Å². The number of nitrogens with zero attached hydrogens (tertiary/aromatic N) is 3. The molecule has 4 nitrogen and oxygen atoms in total. The van der Waals surface area contributed by atoms with E-state index < -0.39 is 0 Å². The van der Waals surface area contributed by atoms with E-state index in [1.54, 1.807) is 6.20 Å². The minimum atomic E-state index is 0.0994. The second kappa shape index (κ2) is 7.27. The van der Waals surface area contributed by atoms with Gasteiger partial charge in [-0.25, -0.2) is 4.98 Å². The first-order valence-corrected chi connectivity index (χ1v) is 7.77. The molecule has 1 fully saturated rings. The van der Waals surface area contributed by atoms with Crippen molar-refractivity contribution in [2.45, 2.75) is 39.5 Å². The van der Waals surface area contributed by atoms with Gasteiger partial charge in [0.25, 0.3) is 5.91 Å². The number of aromatic nitrogens is 1. The minimum absolute atomic E-state index is 0.0994. The molecule has 2 heterocycles. The monoisotopic (exact) mass is 275 g/mol. The van der Waals surface area contributed by atoms with Gasteiger partial charge >= 0.3 is 0 Å². The van der Waals surface area contributed by atoms with Crippen molar-refractivity contribution in [2.75, 3.05) is 31.1 Å². The predicted octanol–water partition coefficient (Wildman–Crippen LogP) is 2.94. The standard InChI is InChI=1S/C16H25N3O/c1-3-18(4-2)16(20)14-10-9-11-17-15(14)19-12-7-5-6-8-13-19/h9-11H,3-8,12-13H2,1-2H3. The summed E-state index contributed by atoms with van der Waals surface area (Å²) in [5, 5.41) is 0. The summed E-state index contributed by atoms with van der Waals surface area (Å²) in [5.74, 6) is 0.966. The molecule has 110 valence electrons. The molecule has 1 aromatic rings. The summed E-state index contributed by atoms with van der Waals surface area (Å²) in [6.45, 7) is 7.53. The number of rotatable bonds is 4. The van der Waals surface area contributed by atoms with E-state index >= 15 is 0 Å². The number of hydrogen-bond donors (Lipinski definition) is 0. The second-order valence-electron chi connectivity index (χ2n) is 5.25. The third-order valence-electron chi connectivity index (χ3n) is 3.97. The number of pyridine rings is 1. The van der Waals surface area contributed by atoms with Crippen LogP contribution in [0.4, 0.5) is 5.82 Å². The Hall–Kier alpha value is -1.58. The molecule has 2 rings (SSSR count). The van der Waals surface area contributed by atoms with Gasteiger partial charge in [-0.15, -0.1) is 0 Å². The lowest BCUT2D eigenvalue weighted by Crippen LogP contribution is -2.33. The van der Waals surface area contributed by atoms with E-state index in [1.807, 2.05) is 30.9 Å². The summed E-state index contributed by atoms with van der Waals surface area (Å²) in [6.07, 6.45) is 6.73. The topological polar surface area (TPSA) is 36.4 Å². The van der Waals surface area contributed by atoms with Crippen LogP contribution in [0.25, 0.3) is 0 Å². The largest absolute Gasteiger partial charge is 0.356 e. The van der Waals surface area contributed by atoms with Crippen molar-refractivity contribution in [1.82, 2.24) is 9.88 Å². The van der Waals surface area contributed by atoms with Crippen molar-refractivity contribution in [3.63, 3.8) is 0 Å². The van der Waals surface area contributed by atoms with Gasteiger partial charge in [0.1, 0.15) is 5.82 Å². The number of carbonyl (C=O) groups is 1. The fourth-order valence-corrected chi connectivity index (χ4v) is 2.78. The van der Waals surface area contributed by atoms with Gasteiger partial charge in [-0.1, -0.05) is 12.8 Å². The van der Waals surface area contributed by atoms with Gasteiger partial charge in [0.2, 0.25) is 0 Å². The lowest BCUT2D eigenvalue weighted by molar-refractivity contribution is 0.0773. The van der Waals surface area contributed by atoms with Crippen molar-refractivity contribution in [2.24, 2.45) is 0 Å². The van der Waals surface area contributed by atoms with Crippen LogP contribution in [0, 0.1) is 0 Å². The number of carbonyl (C=O) groups excluding carboxylic acids is 1. The highest BCUT2D eigenvalue weighted by Gasteiger charge is 2.21. The third kappa shape index (κ3) is 3.30. The van der Waals surface area contributed by atoms with Crippen molar-refractivity contribution >= 4 is 11.7 Å². The highest BCUT2D eigenvalue weighted by Crippen LogP contribution is 2.22. The molecule has 1 saturated heterocycles. The molecule has 1 aromatic heterocycles. The molecule has 0 N–H and O–H groups in total. The average molecular weight is 275 g/mol. The quantitative estimate of drug-likeness (QED) is 0.847. The van der Waals surface area contributed by atoms with Crippen LogP contribution in [-0.4, -0.2) is 42.0 Å². The van der Waals surface area contributed by atoms with Gasteiger partial charge in [-0.2, -0.15) is 0 Å². The Morgan fingerprint density at radius 1 is 1.20 bits per heavy atom. The Kier molecular flexibility index (Phi) is 5.39. The third-order valence-corrected chi connectivity index (χ3v) is 3.97. The van der Waals surface area contributed by atoms with Crippen LogP contribution >= 0.6 is 0 Å². The SMILES string of the molecule is CCN(CC)C(=O)c1cccnc1N1CCCCCC1. The highest BCUT2D eigenvalue weighted by molar-refractivity contribution is 5.98. The lowest BCUT2D eigenvalue weighted by Gasteiger charge is -2.26. The molecule has 0 radical (unpaired) electrons. The molecule has 0 aromatic carbocycles. The smallest absolute Gasteiger partial charge is 0.257 e. The highest BCUT2D eigenvalue weighted by atomic mass is 16.2. The molecule has 0 aliphatic carbocycles. The van der Waals surface area contributed by atoms with Gasteiger partial charge in [0, 0.05) is 32.4 Å². The molecule has 0 bridgehead atoms. The van der Waals surface area contributed by atoms with Gasteiger partial charge in [0.15, 0.2) is 0 Å².